The highest BCUT2D eigenvalue weighted by Gasteiger charge is 2.14. The summed E-state index contributed by atoms with van der Waals surface area (Å²) in [6.07, 6.45) is 1.35. The first-order valence-corrected chi connectivity index (χ1v) is 8.22. The third kappa shape index (κ3) is 3.00. The molecule has 128 valence electrons. The van der Waals surface area contributed by atoms with Gasteiger partial charge in [-0.05, 0) is 36.8 Å². The zero-order chi connectivity index (χ0) is 18.3. The van der Waals surface area contributed by atoms with Gasteiger partial charge in [-0.1, -0.05) is 15.9 Å². The second kappa shape index (κ2) is 6.29. The van der Waals surface area contributed by atoms with Crippen LogP contribution in [0.2, 0.25) is 0 Å². The van der Waals surface area contributed by atoms with Crippen LogP contribution in [0.1, 0.15) is 15.9 Å². The molecule has 3 rings (SSSR count). The van der Waals surface area contributed by atoms with Gasteiger partial charge in [-0.2, -0.15) is 0 Å². The van der Waals surface area contributed by atoms with Crippen LogP contribution in [0.3, 0.4) is 0 Å². The molecule has 2 heterocycles. The number of pyridine rings is 1. The fourth-order valence-corrected chi connectivity index (χ4v) is 2.76. The van der Waals surface area contributed by atoms with E-state index in [9.17, 15) is 14.4 Å². The van der Waals surface area contributed by atoms with Crippen molar-refractivity contribution in [2.45, 2.75) is 6.92 Å². The third-order valence-corrected chi connectivity index (χ3v) is 4.86. The largest absolute Gasteiger partial charge is 0.332 e. The summed E-state index contributed by atoms with van der Waals surface area (Å²) in [5.74, 6) is -0.382. The van der Waals surface area contributed by atoms with Gasteiger partial charge >= 0.3 is 5.69 Å². The zero-order valence-corrected chi connectivity index (χ0v) is 15.4. The normalized spacial score (nSPS) is 10.9. The van der Waals surface area contributed by atoms with Gasteiger partial charge in [0.15, 0.2) is 0 Å². The molecule has 7 nitrogen and oxygen atoms in total. The van der Waals surface area contributed by atoms with E-state index in [4.69, 9.17) is 0 Å². The van der Waals surface area contributed by atoms with Crippen LogP contribution in [-0.4, -0.2) is 20.0 Å². The van der Waals surface area contributed by atoms with Crippen molar-refractivity contribution in [2.75, 3.05) is 5.32 Å². The van der Waals surface area contributed by atoms with E-state index < -0.39 is 11.2 Å². The van der Waals surface area contributed by atoms with Gasteiger partial charge in [-0.15, -0.1) is 0 Å². The van der Waals surface area contributed by atoms with Crippen molar-refractivity contribution in [2.24, 2.45) is 14.1 Å². The van der Waals surface area contributed by atoms with Crippen LogP contribution in [0.5, 0.6) is 0 Å². The Morgan fingerprint density at radius 2 is 1.88 bits per heavy atom. The predicted molar refractivity (Wildman–Crippen MR) is 99.1 cm³/mol. The number of nitrogens with zero attached hydrogens (tertiary/aromatic N) is 3. The fraction of sp³-hybridized carbons (Fsp3) is 0.176. The summed E-state index contributed by atoms with van der Waals surface area (Å²) < 4.78 is 3.21. The van der Waals surface area contributed by atoms with Gasteiger partial charge in [0, 0.05) is 30.5 Å². The molecule has 0 aliphatic rings. The van der Waals surface area contributed by atoms with E-state index in [0.29, 0.717) is 5.69 Å². The first-order valence-electron chi connectivity index (χ1n) is 7.43. The van der Waals surface area contributed by atoms with E-state index in [-0.39, 0.29) is 22.5 Å². The third-order valence-electron chi connectivity index (χ3n) is 3.97. The Morgan fingerprint density at radius 1 is 1.16 bits per heavy atom. The number of anilines is 1. The Labute approximate surface area is 151 Å². The highest BCUT2D eigenvalue weighted by atomic mass is 79.9. The van der Waals surface area contributed by atoms with Crippen molar-refractivity contribution in [3.8, 4) is 0 Å². The molecule has 0 radical (unpaired) electrons. The highest BCUT2D eigenvalue weighted by molar-refractivity contribution is 9.10. The van der Waals surface area contributed by atoms with Crippen LogP contribution in [0, 0.1) is 6.92 Å². The molecule has 1 N–H and O–H groups in total. The van der Waals surface area contributed by atoms with Gasteiger partial charge < -0.3 is 5.32 Å². The summed E-state index contributed by atoms with van der Waals surface area (Å²) in [6, 6.07) is 6.89. The number of hydrogen-bond acceptors (Lipinski definition) is 4. The minimum absolute atomic E-state index is 0.212. The van der Waals surface area contributed by atoms with E-state index in [1.165, 1.54) is 30.9 Å². The number of aromatic nitrogens is 3. The number of fused-ring (bicyclic) bond motifs is 1. The van der Waals surface area contributed by atoms with Crippen molar-refractivity contribution < 1.29 is 4.79 Å². The van der Waals surface area contributed by atoms with Gasteiger partial charge in [0.2, 0.25) is 0 Å². The standard InChI is InChI=1S/C17H15BrN4O3/c1-9-6-11(4-5-13(9)18)20-15(23)10-7-12-14(19-8-10)21(2)17(25)22(3)16(12)24/h4-8H,1-3H3,(H,20,23). The molecular weight excluding hydrogens is 388 g/mol. The Hall–Kier alpha value is -2.74. The van der Waals surface area contributed by atoms with Gasteiger partial charge in [0.1, 0.15) is 5.65 Å². The van der Waals surface area contributed by atoms with Gasteiger partial charge in [0.05, 0.1) is 10.9 Å². The lowest BCUT2D eigenvalue weighted by Gasteiger charge is -2.09. The number of hydrogen-bond donors (Lipinski definition) is 1. The maximum Gasteiger partial charge on any atom is 0.332 e. The average Bonchev–Trinajstić information content (AvgIpc) is 2.60. The summed E-state index contributed by atoms with van der Waals surface area (Å²) >= 11 is 3.41. The maximum absolute atomic E-state index is 12.5. The molecule has 0 saturated heterocycles. The van der Waals surface area contributed by atoms with Gasteiger partial charge in [0.25, 0.3) is 11.5 Å². The Kier molecular flexibility index (Phi) is 4.30. The number of nitrogens with one attached hydrogen (secondary N) is 1. The molecule has 0 unspecified atom stereocenters. The lowest BCUT2D eigenvalue weighted by Crippen LogP contribution is -2.37. The molecular formula is C17H15BrN4O3. The fourth-order valence-electron chi connectivity index (χ4n) is 2.52. The Morgan fingerprint density at radius 3 is 2.56 bits per heavy atom. The van der Waals surface area contributed by atoms with Crippen LogP contribution in [0.25, 0.3) is 11.0 Å². The van der Waals surface area contributed by atoms with Crippen molar-refractivity contribution >= 4 is 38.6 Å². The lowest BCUT2D eigenvalue weighted by atomic mass is 10.2. The molecule has 0 bridgehead atoms. The number of benzene rings is 1. The van der Waals surface area contributed by atoms with Crippen molar-refractivity contribution in [3.05, 3.63) is 66.9 Å². The van der Waals surface area contributed by atoms with Crippen LogP contribution in [0.4, 0.5) is 5.69 Å². The molecule has 0 aliphatic carbocycles. The summed E-state index contributed by atoms with van der Waals surface area (Å²) in [5, 5.41) is 2.99. The lowest BCUT2D eigenvalue weighted by molar-refractivity contribution is 0.102. The molecule has 0 fully saturated rings. The van der Waals surface area contributed by atoms with Crippen LogP contribution < -0.4 is 16.6 Å². The van der Waals surface area contributed by atoms with E-state index in [1.807, 2.05) is 19.1 Å². The minimum Gasteiger partial charge on any atom is -0.322 e. The number of amides is 1. The number of halogens is 1. The second-order valence-corrected chi connectivity index (χ2v) is 6.57. The molecule has 0 saturated carbocycles. The molecule has 0 spiro atoms. The molecule has 2 aromatic heterocycles. The second-order valence-electron chi connectivity index (χ2n) is 5.72. The SMILES string of the molecule is Cc1cc(NC(=O)c2cnc3c(c2)c(=O)n(C)c(=O)n3C)ccc1Br. The first-order chi connectivity index (χ1) is 11.8. The molecule has 0 atom stereocenters. The van der Waals surface area contributed by atoms with Crippen LogP contribution in [-0.2, 0) is 14.1 Å². The number of carbonyl (C=O) groups is 1. The quantitative estimate of drug-likeness (QED) is 0.709. The molecule has 0 aliphatic heterocycles. The smallest absolute Gasteiger partial charge is 0.322 e. The van der Waals surface area contributed by atoms with Gasteiger partial charge in [-0.25, -0.2) is 9.78 Å². The van der Waals surface area contributed by atoms with E-state index in [2.05, 4.69) is 26.2 Å². The van der Waals surface area contributed by atoms with Gasteiger partial charge in [-0.3, -0.25) is 18.7 Å². The molecule has 25 heavy (non-hydrogen) atoms. The van der Waals surface area contributed by atoms with Crippen molar-refractivity contribution in [3.63, 3.8) is 0 Å². The topological polar surface area (TPSA) is 86.0 Å². The summed E-state index contributed by atoms with van der Waals surface area (Å²) in [4.78, 5) is 40.8. The predicted octanol–water partition coefficient (Wildman–Crippen LogP) is 1.96. The summed E-state index contributed by atoms with van der Waals surface area (Å²) in [7, 11) is 2.92. The molecule has 8 heteroatoms. The van der Waals surface area contributed by atoms with Crippen LogP contribution >= 0.6 is 15.9 Å². The number of aryl methyl sites for hydroxylation is 2. The minimum atomic E-state index is -0.486. The average molecular weight is 403 g/mol. The molecule has 1 aromatic carbocycles. The highest BCUT2D eigenvalue weighted by Crippen LogP contribution is 2.20. The van der Waals surface area contributed by atoms with E-state index >= 15 is 0 Å². The first kappa shape index (κ1) is 17.1. The van der Waals surface area contributed by atoms with E-state index in [0.717, 1.165) is 14.6 Å². The molecule has 1 amide bonds. The van der Waals surface area contributed by atoms with Crippen LogP contribution in [0.15, 0.2) is 44.5 Å². The molecule has 3 aromatic rings. The summed E-state index contributed by atoms with van der Waals surface area (Å²) in [5.41, 5.74) is 1.15. The Balaban J connectivity index is 2.04. The zero-order valence-electron chi connectivity index (χ0n) is 13.8. The number of carbonyl (C=O) groups excluding carboxylic acids is 1. The van der Waals surface area contributed by atoms with E-state index in [1.54, 1.807) is 6.07 Å². The number of rotatable bonds is 2. The monoisotopic (exact) mass is 402 g/mol. The van der Waals surface area contributed by atoms with Crippen molar-refractivity contribution in [1.82, 2.24) is 14.1 Å². The Bertz CT molecular complexity index is 1130. The summed E-state index contributed by atoms with van der Waals surface area (Å²) in [6.45, 7) is 1.92. The van der Waals surface area contributed by atoms with Crippen molar-refractivity contribution in [1.29, 1.82) is 0 Å². The maximum atomic E-state index is 12.5.